The number of hydrazone groups is 1. The predicted molar refractivity (Wildman–Crippen MR) is 129 cm³/mol. The van der Waals surface area contributed by atoms with Gasteiger partial charge in [-0.2, -0.15) is 5.10 Å². The number of fused-ring (bicyclic) bond motifs is 1. The Balaban J connectivity index is 1.97. The third-order valence-corrected chi connectivity index (χ3v) is 5.37. The highest BCUT2D eigenvalue weighted by atomic mass is 19.1. The first-order chi connectivity index (χ1) is 16.6. The molecule has 0 saturated carbocycles. The number of nitrogens with zero attached hydrogens (tertiary/aromatic N) is 3. The summed E-state index contributed by atoms with van der Waals surface area (Å²) in [6.07, 6.45) is 6.81. The lowest BCUT2D eigenvalue weighted by Crippen LogP contribution is -2.29. The van der Waals surface area contributed by atoms with Crippen molar-refractivity contribution < 1.29 is 18.7 Å². The number of esters is 1. The van der Waals surface area contributed by atoms with Gasteiger partial charge in [-0.1, -0.05) is 48.5 Å². The first-order valence-corrected chi connectivity index (χ1v) is 10.8. The normalized spacial score (nSPS) is 14.5. The molecule has 1 aliphatic heterocycles. The van der Waals surface area contributed by atoms with Gasteiger partial charge >= 0.3 is 5.97 Å². The molecule has 0 radical (unpaired) electrons. The summed E-state index contributed by atoms with van der Waals surface area (Å²) in [5.74, 6) is -0.617. The average Bonchev–Trinajstić information content (AvgIpc) is 2.87. The lowest BCUT2D eigenvalue weighted by Gasteiger charge is -2.33. The topological polar surface area (TPSA) is 64.0 Å². The monoisotopic (exact) mass is 457 g/mol. The summed E-state index contributed by atoms with van der Waals surface area (Å²) in [5, 5.41) is 5.98. The molecule has 0 saturated heterocycles. The third kappa shape index (κ3) is 4.32. The number of hydrogen-bond donors (Lipinski definition) is 0. The Bertz CT molecular complexity index is 1280. The van der Waals surface area contributed by atoms with E-state index in [0.717, 1.165) is 22.3 Å². The average molecular weight is 458 g/mol. The molecule has 0 fully saturated rings. The van der Waals surface area contributed by atoms with E-state index in [0.29, 0.717) is 17.0 Å². The van der Waals surface area contributed by atoms with Gasteiger partial charge in [0.2, 0.25) is 0 Å². The maximum Gasteiger partial charge on any atom is 0.360 e. The Morgan fingerprint density at radius 1 is 1.06 bits per heavy atom. The molecule has 0 unspecified atom stereocenters. The predicted octanol–water partition coefficient (Wildman–Crippen LogP) is 5.63. The van der Waals surface area contributed by atoms with Crippen LogP contribution in [0.1, 0.15) is 30.5 Å². The van der Waals surface area contributed by atoms with Crippen molar-refractivity contribution in [2.45, 2.75) is 20.5 Å². The second kappa shape index (κ2) is 10.1. The Labute approximate surface area is 197 Å². The maximum atomic E-state index is 13.6. The zero-order valence-corrected chi connectivity index (χ0v) is 19.2. The van der Waals surface area contributed by atoms with Gasteiger partial charge in [0, 0.05) is 35.3 Å². The van der Waals surface area contributed by atoms with Crippen molar-refractivity contribution in [1.29, 1.82) is 0 Å². The highest BCUT2D eigenvalue weighted by molar-refractivity contribution is 6.03. The molecule has 0 bridgehead atoms. The first-order valence-electron chi connectivity index (χ1n) is 10.8. The van der Waals surface area contributed by atoms with E-state index in [4.69, 9.17) is 9.47 Å². The van der Waals surface area contributed by atoms with Gasteiger partial charge in [0.05, 0.1) is 12.8 Å². The van der Waals surface area contributed by atoms with Crippen LogP contribution in [0.25, 0.3) is 22.6 Å². The molecule has 2 heterocycles. The fourth-order valence-corrected chi connectivity index (χ4v) is 3.86. The van der Waals surface area contributed by atoms with Crippen molar-refractivity contribution in [1.82, 2.24) is 9.99 Å². The van der Waals surface area contributed by atoms with Crippen LogP contribution in [0.3, 0.4) is 0 Å². The molecular weight excluding hydrogens is 433 g/mol. The van der Waals surface area contributed by atoms with Gasteiger partial charge in [-0.25, -0.2) is 14.2 Å². The van der Waals surface area contributed by atoms with E-state index in [9.17, 15) is 9.18 Å². The Kier molecular flexibility index (Phi) is 6.82. The molecule has 0 spiro atoms. The Hall–Kier alpha value is -4.26. The van der Waals surface area contributed by atoms with E-state index >= 15 is 0 Å². The van der Waals surface area contributed by atoms with Crippen molar-refractivity contribution in [3.05, 3.63) is 101 Å². The number of methoxy groups -OCH3 is 1. The largest absolute Gasteiger partial charge is 0.486 e. The van der Waals surface area contributed by atoms with Crippen LogP contribution in [0.5, 0.6) is 0 Å². The second-order valence-corrected chi connectivity index (χ2v) is 7.42. The van der Waals surface area contributed by atoms with Crippen molar-refractivity contribution in [2.24, 2.45) is 5.10 Å². The Morgan fingerprint density at radius 3 is 2.41 bits per heavy atom. The van der Waals surface area contributed by atoms with Gasteiger partial charge < -0.3 is 9.47 Å². The number of rotatable bonds is 6. The Morgan fingerprint density at radius 2 is 1.76 bits per heavy atom. The molecular formula is C27H24FN3O3. The van der Waals surface area contributed by atoms with Crippen LogP contribution < -0.4 is 0 Å². The molecule has 2 aromatic carbocycles. The summed E-state index contributed by atoms with van der Waals surface area (Å²) in [6.45, 7) is 3.85. The van der Waals surface area contributed by atoms with Gasteiger partial charge in [-0.15, -0.1) is 0 Å². The fraction of sp³-hybridized carbons (Fsp3) is 0.148. The second-order valence-electron chi connectivity index (χ2n) is 7.42. The number of carbonyl (C=O) groups excluding carboxylic acids is 1. The summed E-state index contributed by atoms with van der Waals surface area (Å²) in [5.41, 5.74) is 4.66. The number of pyridine rings is 1. The zero-order chi connectivity index (χ0) is 24.1. The van der Waals surface area contributed by atoms with Crippen molar-refractivity contribution >= 4 is 23.6 Å². The summed E-state index contributed by atoms with van der Waals surface area (Å²) in [6, 6.07) is 15.8. The molecule has 3 aromatic rings. The van der Waals surface area contributed by atoms with Gasteiger partial charge in [-0.05, 0) is 37.1 Å². The zero-order valence-electron chi connectivity index (χ0n) is 19.2. The molecule has 0 amide bonds. The molecule has 6 nitrogen and oxygen atoms in total. The summed E-state index contributed by atoms with van der Waals surface area (Å²) in [4.78, 5) is 17.4. The van der Waals surface area contributed by atoms with Crippen LogP contribution in [-0.4, -0.2) is 29.3 Å². The lowest BCUT2D eigenvalue weighted by atomic mass is 9.91. The van der Waals surface area contributed by atoms with E-state index in [-0.39, 0.29) is 18.1 Å². The van der Waals surface area contributed by atoms with E-state index in [1.54, 1.807) is 37.7 Å². The molecule has 0 aliphatic carbocycles. The van der Waals surface area contributed by atoms with Crippen LogP contribution in [-0.2, 0) is 20.9 Å². The standard InChI is InChI=1S/C27H24FN3O3/c1-4-23-24-21(19-11-13-20(28)14-12-19)15-29-16-22(24)26(34-17-18-9-7-6-8-10-18)25(27(32)33-3)31(23)30-5-2/h4-16H,17H2,1-3H3/b23-4+,30-5-. The minimum Gasteiger partial charge on any atom is -0.486 e. The van der Waals surface area contributed by atoms with Crippen LogP contribution in [0.15, 0.2) is 83.9 Å². The highest BCUT2D eigenvalue weighted by Gasteiger charge is 2.36. The fourth-order valence-electron chi connectivity index (χ4n) is 3.86. The van der Waals surface area contributed by atoms with E-state index in [2.05, 4.69) is 10.1 Å². The van der Waals surface area contributed by atoms with Crippen LogP contribution in [0, 0.1) is 5.82 Å². The number of ether oxygens (including phenoxy) is 2. The van der Waals surface area contributed by atoms with Crippen LogP contribution in [0.4, 0.5) is 4.39 Å². The van der Waals surface area contributed by atoms with Gasteiger partial charge in [0.15, 0.2) is 11.5 Å². The maximum absolute atomic E-state index is 13.6. The number of aromatic nitrogens is 1. The molecule has 0 atom stereocenters. The SMILES string of the molecule is C/C=N\N1C(C(=O)OC)=C(OCc2ccccc2)c2cncc(-c3ccc(F)cc3)c2/C1=C\C. The number of hydrogen-bond acceptors (Lipinski definition) is 6. The van der Waals surface area contributed by atoms with E-state index < -0.39 is 5.97 Å². The minimum absolute atomic E-state index is 0.148. The van der Waals surface area contributed by atoms with Crippen molar-refractivity contribution in [3.8, 4) is 11.1 Å². The first kappa shape index (κ1) is 22.9. The quantitative estimate of drug-likeness (QED) is 0.355. The number of allylic oxidation sites excluding steroid dienone is 1. The molecule has 34 heavy (non-hydrogen) atoms. The lowest BCUT2D eigenvalue weighted by molar-refractivity contribution is -0.137. The van der Waals surface area contributed by atoms with E-state index in [1.807, 2.05) is 43.3 Å². The van der Waals surface area contributed by atoms with Gasteiger partial charge in [0.25, 0.3) is 0 Å². The smallest absolute Gasteiger partial charge is 0.360 e. The molecule has 0 N–H and O–H groups in total. The summed E-state index contributed by atoms with van der Waals surface area (Å²) < 4.78 is 25.0. The summed E-state index contributed by atoms with van der Waals surface area (Å²) >= 11 is 0. The molecule has 172 valence electrons. The van der Waals surface area contributed by atoms with Gasteiger partial charge in [-0.3, -0.25) is 4.98 Å². The minimum atomic E-state index is -0.592. The van der Waals surface area contributed by atoms with E-state index in [1.165, 1.54) is 24.3 Å². The molecule has 1 aromatic heterocycles. The third-order valence-electron chi connectivity index (χ3n) is 5.37. The van der Waals surface area contributed by atoms with Crippen molar-refractivity contribution in [3.63, 3.8) is 0 Å². The highest BCUT2D eigenvalue weighted by Crippen LogP contribution is 2.44. The van der Waals surface area contributed by atoms with Crippen molar-refractivity contribution in [2.75, 3.05) is 7.11 Å². The number of benzene rings is 2. The van der Waals surface area contributed by atoms with Gasteiger partial charge in [0.1, 0.15) is 12.4 Å². The molecule has 4 rings (SSSR count). The number of carbonyl (C=O) groups is 1. The van der Waals surface area contributed by atoms with Crippen LogP contribution in [0.2, 0.25) is 0 Å². The number of halogens is 1. The molecule has 1 aliphatic rings. The summed E-state index contributed by atoms with van der Waals surface area (Å²) in [7, 11) is 1.32. The van der Waals surface area contributed by atoms with Crippen LogP contribution >= 0.6 is 0 Å². The molecule has 7 heteroatoms.